The predicted molar refractivity (Wildman–Crippen MR) is 52.4 cm³/mol. The Balaban J connectivity index is 0.000000605. The van der Waals surface area contributed by atoms with Crippen LogP contribution in [0.1, 0.15) is 23.9 Å². The van der Waals surface area contributed by atoms with E-state index < -0.39 is 0 Å². The summed E-state index contributed by atoms with van der Waals surface area (Å²) in [7, 11) is 0. The Kier molecular flexibility index (Phi) is 3.48. The van der Waals surface area contributed by atoms with Gasteiger partial charge in [0.05, 0.1) is 6.04 Å². The third-order valence-electron chi connectivity index (χ3n) is 1.81. The fourth-order valence-corrected chi connectivity index (χ4v) is 2.05. The Morgan fingerprint density at radius 3 is 3.09 bits per heavy atom. The summed E-state index contributed by atoms with van der Waals surface area (Å²) < 4.78 is 0. The summed E-state index contributed by atoms with van der Waals surface area (Å²) in [5.41, 5.74) is 0. The lowest BCUT2D eigenvalue weighted by Crippen LogP contribution is -2.12. The van der Waals surface area contributed by atoms with Crippen LogP contribution < -0.4 is 5.32 Å². The maximum absolute atomic E-state index is 4.25. The summed E-state index contributed by atoms with van der Waals surface area (Å²) in [5.74, 6) is 0. The van der Waals surface area contributed by atoms with Crippen molar-refractivity contribution in [1.29, 1.82) is 0 Å². The molecule has 1 aliphatic rings. The van der Waals surface area contributed by atoms with Gasteiger partial charge in [-0.15, -0.1) is 28.3 Å². The smallest absolute Gasteiger partial charge is 0.109 e. The van der Waals surface area contributed by atoms with Gasteiger partial charge in [0.2, 0.25) is 0 Å². The number of nitrogens with one attached hydrogen (secondary N) is 1. The number of hydrogen-bond donors (Lipinski definition) is 1. The number of halogens is 1. The lowest BCUT2D eigenvalue weighted by molar-refractivity contribution is 0.643. The van der Waals surface area contributed by atoms with Crippen LogP contribution in [0.4, 0.5) is 0 Å². The average molecular weight is 235 g/mol. The van der Waals surface area contributed by atoms with Crippen LogP contribution in [0.2, 0.25) is 0 Å². The zero-order valence-electron chi connectivity index (χ0n) is 6.12. The molecule has 0 amide bonds. The molecule has 1 fully saturated rings. The van der Waals surface area contributed by atoms with Gasteiger partial charge in [0.25, 0.3) is 0 Å². The molecular formula is C7H11BrN2S. The van der Waals surface area contributed by atoms with E-state index >= 15 is 0 Å². The lowest BCUT2D eigenvalue weighted by Gasteiger charge is -2.03. The molecule has 4 heteroatoms. The molecule has 0 aromatic carbocycles. The van der Waals surface area contributed by atoms with Crippen molar-refractivity contribution in [3.63, 3.8) is 0 Å². The maximum Gasteiger partial charge on any atom is 0.109 e. The zero-order chi connectivity index (χ0) is 6.81. The van der Waals surface area contributed by atoms with E-state index in [4.69, 9.17) is 0 Å². The molecule has 1 saturated heterocycles. The minimum atomic E-state index is 0. The Labute approximate surface area is 80.8 Å². The van der Waals surface area contributed by atoms with Gasteiger partial charge in [-0.2, -0.15) is 0 Å². The first-order valence-corrected chi connectivity index (χ1v) is 4.47. The van der Waals surface area contributed by atoms with Gasteiger partial charge < -0.3 is 5.32 Å². The highest BCUT2D eigenvalue weighted by molar-refractivity contribution is 8.93. The van der Waals surface area contributed by atoms with Crippen LogP contribution in [0.15, 0.2) is 11.6 Å². The van der Waals surface area contributed by atoms with Crippen molar-refractivity contribution in [3.05, 3.63) is 16.6 Å². The number of rotatable bonds is 1. The Hall–Kier alpha value is 0.0700. The Morgan fingerprint density at radius 1 is 1.64 bits per heavy atom. The number of thiazole rings is 1. The minimum Gasteiger partial charge on any atom is -0.308 e. The topological polar surface area (TPSA) is 24.9 Å². The van der Waals surface area contributed by atoms with E-state index in [2.05, 4.69) is 10.3 Å². The molecule has 1 aliphatic heterocycles. The third kappa shape index (κ3) is 2.01. The quantitative estimate of drug-likeness (QED) is 0.806. The van der Waals surface area contributed by atoms with E-state index in [1.807, 2.05) is 11.6 Å². The largest absolute Gasteiger partial charge is 0.308 e. The van der Waals surface area contributed by atoms with Crippen molar-refractivity contribution in [2.75, 3.05) is 6.54 Å². The molecule has 2 nitrogen and oxygen atoms in total. The standard InChI is InChI=1S/C7H10N2S.BrH/c1-2-6(8-3-1)7-9-4-5-10-7;/h4-6,8H,1-3H2;1H. The van der Waals surface area contributed by atoms with Crippen LogP contribution >= 0.6 is 28.3 Å². The van der Waals surface area contributed by atoms with E-state index in [1.54, 1.807) is 11.3 Å². The molecule has 0 radical (unpaired) electrons. The first-order valence-electron chi connectivity index (χ1n) is 3.59. The van der Waals surface area contributed by atoms with Crippen LogP contribution in [0.3, 0.4) is 0 Å². The summed E-state index contributed by atoms with van der Waals surface area (Å²) >= 11 is 1.75. The molecule has 2 rings (SSSR count). The van der Waals surface area contributed by atoms with Crippen LogP contribution in [0.5, 0.6) is 0 Å². The van der Waals surface area contributed by atoms with Crippen molar-refractivity contribution in [3.8, 4) is 0 Å². The first-order chi connectivity index (χ1) is 4.97. The number of nitrogens with zero attached hydrogens (tertiary/aromatic N) is 1. The lowest BCUT2D eigenvalue weighted by atomic mass is 10.2. The normalized spacial score (nSPS) is 23.1. The monoisotopic (exact) mass is 234 g/mol. The van der Waals surface area contributed by atoms with Gasteiger partial charge in [0.1, 0.15) is 5.01 Å². The predicted octanol–water partition coefficient (Wildman–Crippen LogP) is 2.15. The second-order valence-electron chi connectivity index (χ2n) is 2.52. The fraction of sp³-hybridized carbons (Fsp3) is 0.571. The summed E-state index contributed by atoms with van der Waals surface area (Å²) in [4.78, 5) is 4.25. The third-order valence-corrected chi connectivity index (χ3v) is 2.70. The summed E-state index contributed by atoms with van der Waals surface area (Å²) in [6.07, 6.45) is 4.43. The highest BCUT2D eigenvalue weighted by atomic mass is 79.9. The molecule has 1 unspecified atom stereocenters. The summed E-state index contributed by atoms with van der Waals surface area (Å²) in [6, 6.07) is 0.556. The second kappa shape index (κ2) is 4.18. The molecule has 0 bridgehead atoms. The molecule has 1 N–H and O–H groups in total. The number of aromatic nitrogens is 1. The van der Waals surface area contributed by atoms with E-state index in [0.29, 0.717) is 6.04 Å². The highest BCUT2D eigenvalue weighted by Gasteiger charge is 2.17. The highest BCUT2D eigenvalue weighted by Crippen LogP contribution is 2.23. The summed E-state index contributed by atoms with van der Waals surface area (Å²) in [6.45, 7) is 1.16. The molecule has 1 aromatic rings. The van der Waals surface area contributed by atoms with Crippen molar-refractivity contribution in [2.45, 2.75) is 18.9 Å². The second-order valence-corrected chi connectivity index (χ2v) is 3.45. The maximum atomic E-state index is 4.25. The van der Waals surface area contributed by atoms with Gasteiger partial charge >= 0.3 is 0 Å². The van der Waals surface area contributed by atoms with Crippen LogP contribution in [0.25, 0.3) is 0 Å². The van der Waals surface area contributed by atoms with Gasteiger partial charge in [-0.3, -0.25) is 0 Å². The average Bonchev–Trinajstić information content (AvgIpc) is 2.59. The van der Waals surface area contributed by atoms with Crippen molar-refractivity contribution in [2.24, 2.45) is 0 Å². The van der Waals surface area contributed by atoms with Gasteiger partial charge in [-0.25, -0.2) is 4.98 Å². The SMILES string of the molecule is Br.c1csc(C2CCCN2)n1. The van der Waals surface area contributed by atoms with E-state index in [9.17, 15) is 0 Å². The zero-order valence-corrected chi connectivity index (χ0v) is 8.65. The number of hydrogen-bond acceptors (Lipinski definition) is 3. The molecule has 1 aromatic heterocycles. The molecule has 62 valence electrons. The van der Waals surface area contributed by atoms with Crippen LogP contribution in [0, 0.1) is 0 Å². The molecule has 2 heterocycles. The van der Waals surface area contributed by atoms with Crippen LogP contribution in [-0.2, 0) is 0 Å². The fourth-order valence-electron chi connectivity index (χ4n) is 1.30. The van der Waals surface area contributed by atoms with Crippen molar-refractivity contribution in [1.82, 2.24) is 10.3 Å². The van der Waals surface area contributed by atoms with E-state index in [-0.39, 0.29) is 17.0 Å². The minimum absolute atomic E-state index is 0. The molecular weight excluding hydrogens is 224 g/mol. The Morgan fingerprint density at radius 2 is 2.55 bits per heavy atom. The Bertz CT molecular complexity index is 194. The molecule has 0 aliphatic carbocycles. The van der Waals surface area contributed by atoms with Crippen molar-refractivity contribution < 1.29 is 0 Å². The summed E-state index contributed by atoms with van der Waals surface area (Å²) in [5, 5.41) is 6.69. The van der Waals surface area contributed by atoms with E-state index in [1.165, 1.54) is 17.8 Å². The van der Waals surface area contributed by atoms with Gasteiger partial charge in [-0.1, -0.05) is 0 Å². The van der Waals surface area contributed by atoms with Gasteiger partial charge in [0.15, 0.2) is 0 Å². The van der Waals surface area contributed by atoms with E-state index in [0.717, 1.165) is 6.54 Å². The van der Waals surface area contributed by atoms with Gasteiger partial charge in [0, 0.05) is 11.6 Å². The van der Waals surface area contributed by atoms with Crippen LogP contribution in [-0.4, -0.2) is 11.5 Å². The van der Waals surface area contributed by atoms with Crippen molar-refractivity contribution >= 4 is 28.3 Å². The molecule has 0 spiro atoms. The molecule has 11 heavy (non-hydrogen) atoms. The van der Waals surface area contributed by atoms with Gasteiger partial charge in [-0.05, 0) is 19.4 Å². The first kappa shape index (κ1) is 9.16. The molecule has 1 atom stereocenters. The molecule has 0 saturated carbocycles.